The number of thioether (sulfide) groups is 1. The molecule has 0 saturated heterocycles. The molecular formula is C17H23NO2S. The molecule has 0 aliphatic rings. The Bertz CT molecular complexity index is 536. The lowest BCUT2D eigenvalue weighted by Gasteiger charge is -2.17. The van der Waals surface area contributed by atoms with E-state index in [-0.39, 0.29) is 0 Å². The minimum atomic E-state index is 0.324. The molecule has 1 unspecified atom stereocenters. The molecule has 0 bridgehead atoms. The van der Waals surface area contributed by atoms with Crippen molar-refractivity contribution in [3.8, 4) is 5.75 Å². The fraction of sp³-hybridized carbons (Fsp3) is 0.412. The molecule has 1 aromatic heterocycles. The quantitative estimate of drug-likeness (QED) is 0.784. The van der Waals surface area contributed by atoms with Crippen LogP contribution >= 0.6 is 11.8 Å². The van der Waals surface area contributed by atoms with E-state index in [1.807, 2.05) is 12.1 Å². The van der Waals surface area contributed by atoms with Gasteiger partial charge in [-0.25, -0.2) is 0 Å². The molecule has 0 amide bonds. The molecule has 0 aliphatic carbocycles. The standard InChI is InChI=1S/C17H23NO2S/c1-4-17(13-5-7-14(19-2)8-6-13)18-11-15-9-10-16(20-15)12-21-3/h5-10,17-18H,4,11-12H2,1-3H3. The van der Waals surface area contributed by atoms with Crippen molar-refractivity contribution in [2.75, 3.05) is 13.4 Å². The molecular weight excluding hydrogens is 282 g/mol. The summed E-state index contributed by atoms with van der Waals surface area (Å²) in [4.78, 5) is 0. The lowest BCUT2D eigenvalue weighted by molar-refractivity contribution is 0.413. The van der Waals surface area contributed by atoms with Crippen LogP contribution in [0.3, 0.4) is 0 Å². The molecule has 3 nitrogen and oxygen atoms in total. The van der Waals surface area contributed by atoms with Crippen molar-refractivity contribution in [2.45, 2.75) is 31.7 Å². The first-order chi connectivity index (χ1) is 10.3. The summed E-state index contributed by atoms with van der Waals surface area (Å²) in [7, 11) is 1.69. The molecule has 1 N–H and O–H groups in total. The Hall–Kier alpha value is -1.39. The van der Waals surface area contributed by atoms with Crippen molar-refractivity contribution in [2.24, 2.45) is 0 Å². The van der Waals surface area contributed by atoms with Crippen LogP contribution in [0.4, 0.5) is 0 Å². The van der Waals surface area contributed by atoms with Crippen LogP contribution in [0.2, 0.25) is 0 Å². The molecule has 114 valence electrons. The Morgan fingerprint density at radius 1 is 1.14 bits per heavy atom. The molecule has 0 spiro atoms. The van der Waals surface area contributed by atoms with E-state index in [4.69, 9.17) is 9.15 Å². The van der Waals surface area contributed by atoms with Crippen LogP contribution in [0.5, 0.6) is 5.75 Å². The third-order valence-corrected chi connectivity index (χ3v) is 4.03. The zero-order valence-electron chi connectivity index (χ0n) is 12.9. The lowest BCUT2D eigenvalue weighted by Crippen LogP contribution is -2.19. The summed E-state index contributed by atoms with van der Waals surface area (Å²) < 4.78 is 11.0. The second-order valence-corrected chi connectivity index (χ2v) is 5.78. The molecule has 0 radical (unpaired) electrons. The van der Waals surface area contributed by atoms with Crippen molar-refractivity contribution >= 4 is 11.8 Å². The molecule has 2 aromatic rings. The van der Waals surface area contributed by atoms with Gasteiger partial charge in [-0.05, 0) is 42.5 Å². The maximum atomic E-state index is 5.79. The lowest BCUT2D eigenvalue weighted by atomic mass is 10.0. The van der Waals surface area contributed by atoms with Crippen LogP contribution < -0.4 is 10.1 Å². The first kappa shape index (κ1) is 16.0. The van der Waals surface area contributed by atoms with Gasteiger partial charge in [-0.1, -0.05) is 19.1 Å². The highest BCUT2D eigenvalue weighted by Crippen LogP contribution is 2.21. The Balaban J connectivity index is 1.94. The monoisotopic (exact) mass is 305 g/mol. The predicted molar refractivity (Wildman–Crippen MR) is 88.8 cm³/mol. The van der Waals surface area contributed by atoms with E-state index in [0.29, 0.717) is 6.04 Å². The van der Waals surface area contributed by atoms with Gasteiger partial charge in [-0.15, -0.1) is 0 Å². The van der Waals surface area contributed by atoms with Crippen molar-refractivity contribution in [1.29, 1.82) is 0 Å². The number of nitrogens with one attached hydrogen (secondary N) is 1. The summed E-state index contributed by atoms with van der Waals surface area (Å²) in [5, 5.41) is 3.55. The van der Waals surface area contributed by atoms with Gasteiger partial charge < -0.3 is 14.5 Å². The summed E-state index contributed by atoms with van der Waals surface area (Å²) in [6.45, 7) is 2.93. The highest BCUT2D eigenvalue weighted by Gasteiger charge is 2.10. The number of benzene rings is 1. The van der Waals surface area contributed by atoms with Gasteiger partial charge in [0.15, 0.2) is 0 Å². The van der Waals surface area contributed by atoms with Gasteiger partial charge in [0.25, 0.3) is 0 Å². The SMILES string of the molecule is CCC(NCc1ccc(CSC)o1)c1ccc(OC)cc1. The maximum absolute atomic E-state index is 5.79. The number of furan rings is 1. The van der Waals surface area contributed by atoms with Crippen molar-refractivity contribution < 1.29 is 9.15 Å². The zero-order chi connectivity index (χ0) is 15.1. The van der Waals surface area contributed by atoms with Crippen LogP contribution in [-0.4, -0.2) is 13.4 Å². The van der Waals surface area contributed by atoms with E-state index < -0.39 is 0 Å². The van der Waals surface area contributed by atoms with Crippen molar-refractivity contribution in [3.63, 3.8) is 0 Å². The Labute approximate surface area is 131 Å². The molecule has 4 heteroatoms. The second-order valence-electron chi connectivity index (χ2n) is 4.92. The number of hydrogen-bond donors (Lipinski definition) is 1. The van der Waals surface area contributed by atoms with Gasteiger partial charge in [0.1, 0.15) is 17.3 Å². The molecule has 1 heterocycles. The maximum Gasteiger partial charge on any atom is 0.118 e. The van der Waals surface area contributed by atoms with Crippen LogP contribution in [0.1, 0.15) is 36.5 Å². The summed E-state index contributed by atoms with van der Waals surface area (Å²) in [5.41, 5.74) is 1.27. The van der Waals surface area contributed by atoms with Crippen LogP contribution in [0.15, 0.2) is 40.8 Å². The van der Waals surface area contributed by atoms with E-state index in [1.54, 1.807) is 18.9 Å². The summed E-state index contributed by atoms with van der Waals surface area (Å²) in [5.74, 6) is 3.85. The number of hydrogen-bond acceptors (Lipinski definition) is 4. The molecule has 0 fully saturated rings. The van der Waals surface area contributed by atoms with Crippen LogP contribution in [0, 0.1) is 0 Å². The third-order valence-electron chi connectivity index (χ3n) is 3.45. The third kappa shape index (κ3) is 4.55. The minimum Gasteiger partial charge on any atom is -0.497 e. The highest BCUT2D eigenvalue weighted by molar-refractivity contribution is 7.97. The predicted octanol–water partition coefficient (Wildman–Crippen LogP) is 4.39. The summed E-state index contributed by atoms with van der Waals surface area (Å²) in [6.07, 6.45) is 3.11. The smallest absolute Gasteiger partial charge is 0.118 e. The number of ether oxygens (including phenoxy) is 1. The van der Waals surface area contributed by atoms with Gasteiger partial charge in [-0.3, -0.25) is 0 Å². The van der Waals surface area contributed by atoms with Gasteiger partial charge in [0.05, 0.1) is 19.4 Å². The summed E-state index contributed by atoms with van der Waals surface area (Å²) in [6, 6.07) is 12.7. The minimum absolute atomic E-state index is 0.324. The molecule has 0 saturated carbocycles. The fourth-order valence-corrected chi connectivity index (χ4v) is 2.73. The topological polar surface area (TPSA) is 34.4 Å². The Morgan fingerprint density at radius 2 is 1.86 bits per heavy atom. The first-order valence-corrected chi connectivity index (χ1v) is 8.60. The van der Waals surface area contributed by atoms with Gasteiger partial charge in [-0.2, -0.15) is 11.8 Å². The van der Waals surface area contributed by atoms with Gasteiger partial charge in [0.2, 0.25) is 0 Å². The number of rotatable bonds is 8. The summed E-state index contributed by atoms with van der Waals surface area (Å²) >= 11 is 1.77. The largest absolute Gasteiger partial charge is 0.497 e. The van der Waals surface area contributed by atoms with Crippen LogP contribution in [0.25, 0.3) is 0 Å². The normalized spacial score (nSPS) is 12.3. The Morgan fingerprint density at radius 3 is 2.48 bits per heavy atom. The highest BCUT2D eigenvalue weighted by atomic mass is 32.2. The van der Waals surface area contributed by atoms with E-state index in [9.17, 15) is 0 Å². The molecule has 0 aliphatic heterocycles. The fourth-order valence-electron chi connectivity index (χ4n) is 2.30. The molecule has 21 heavy (non-hydrogen) atoms. The first-order valence-electron chi connectivity index (χ1n) is 7.20. The average Bonchev–Trinajstić information content (AvgIpc) is 2.96. The zero-order valence-corrected chi connectivity index (χ0v) is 13.7. The second kappa shape index (κ2) is 8.15. The average molecular weight is 305 g/mol. The number of methoxy groups -OCH3 is 1. The van der Waals surface area contributed by atoms with Gasteiger partial charge >= 0.3 is 0 Å². The van der Waals surface area contributed by atoms with Crippen LogP contribution in [-0.2, 0) is 12.3 Å². The van der Waals surface area contributed by atoms with E-state index in [1.165, 1.54) is 5.56 Å². The van der Waals surface area contributed by atoms with E-state index >= 15 is 0 Å². The molecule has 1 aromatic carbocycles. The van der Waals surface area contributed by atoms with Gasteiger partial charge in [0, 0.05) is 6.04 Å². The van der Waals surface area contributed by atoms with E-state index in [2.05, 4.69) is 42.8 Å². The van der Waals surface area contributed by atoms with Crippen molar-refractivity contribution in [1.82, 2.24) is 5.32 Å². The molecule has 1 atom stereocenters. The van der Waals surface area contributed by atoms with E-state index in [0.717, 1.165) is 36.0 Å². The Kier molecular flexibility index (Phi) is 6.21. The molecule has 2 rings (SSSR count). The van der Waals surface area contributed by atoms with Crippen molar-refractivity contribution in [3.05, 3.63) is 53.5 Å².